The minimum atomic E-state index is -0.383. The molecule has 0 saturated carbocycles. The van der Waals surface area contributed by atoms with Crippen molar-refractivity contribution < 1.29 is 19.3 Å². The summed E-state index contributed by atoms with van der Waals surface area (Å²) in [4.78, 5) is 15.8. The molecule has 0 amide bonds. The van der Waals surface area contributed by atoms with E-state index in [1.54, 1.807) is 13.8 Å². The van der Waals surface area contributed by atoms with Crippen molar-refractivity contribution in [3.05, 3.63) is 5.21 Å². The summed E-state index contributed by atoms with van der Waals surface area (Å²) in [6.45, 7) is 4.45. The van der Waals surface area contributed by atoms with E-state index in [0.29, 0.717) is 18.1 Å². The van der Waals surface area contributed by atoms with Gasteiger partial charge in [-0.25, -0.2) is 0 Å². The summed E-state index contributed by atoms with van der Waals surface area (Å²) in [5.74, 6) is -0.598. The molecule has 1 heterocycles. The molecule has 0 bridgehead atoms. The third-order valence-electron chi connectivity index (χ3n) is 1.93. The van der Waals surface area contributed by atoms with Gasteiger partial charge in [0.25, 0.3) is 6.79 Å². The second kappa shape index (κ2) is 5.38. The maximum Gasteiger partial charge on any atom is 0.311 e. The van der Waals surface area contributed by atoms with Crippen LogP contribution in [0.4, 0.5) is 0 Å². The van der Waals surface area contributed by atoms with E-state index in [4.69, 9.17) is 0 Å². The van der Waals surface area contributed by atoms with Gasteiger partial charge >= 0.3 is 5.97 Å². The fraction of sp³-hybridized carbons (Fsp3) is 0.875. The molecule has 0 N–H and O–H groups in total. The molecule has 1 fully saturated rings. The molecule has 0 atom stereocenters. The third kappa shape index (κ3) is 3.61. The van der Waals surface area contributed by atoms with Crippen molar-refractivity contribution in [2.45, 2.75) is 20.3 Å². The summed E-state index contributed by atoms with van der Waals surface area (Å²) >= 11 is 0. The van der Waals surface area contributed by atoms with Crippen LogP contribution in [0.2, 0.25) is 0 Å². The predicted molar refractivity (Wildman–Crippen MR) is 49.1 cm³/mol. The van der Waals surface area contributed by atoms with E-state index in [-0.39, 0.29) is 18.7 Å². The van der Waals surface area contributed by atoms with Gasteiger partial charge in [0.2, 0.25) is 5.28 Å². The van der Waals surface area contributed by atoms with Gasteiger partial charge in [0.15, 0.2) is 0 Å². The van der Waals surface area contributed by atoms with Crippen LogP contribution < -0.4 is 0 Å². The first-order valence-electron chi connectivity index (χ1n) is 4.83. The molecule has 7 heteroatoms. The molecule has 1 aliphatic heterocycles. The van der Waals surface area contributed by atoms with Crippen molar-refractivity contribution >= 4 is 5.97 Å². The molecule has 1 rings (SSSR count). The lowest BCUT2D eigenvalue weighted by atomic mass is 10.2. The molecular weight excluding hydrogens is 202 g/mol. The molecular formula is C8H15N3O4. The zero-order chi connectivity index (χ0) is 11.3. The molecule has 1 saturated heterocycles. The van der Waals surface area contributed by atoms with E-state index >= 15 is 0 Å². The lowest BCUT2D eigenvalue weighted by Gasteiger charge is -2.24. The Morgan fingerprint density at radius 3 is 2.73 bits per heavy atom. The minimum Gasteiger partial charge on any atom is -0.569 e. The molecule has 15 heavy (non-hydrogen) atoms. The number of carbonyl (C=O) groups is 1. The lowest BCUT2D eigenvalue weighted by Crippen LogP contribution is -2.42. The molecule has 1 aliphatic rings. The van der Waals surface area contributed by atoms with Crippen LogP contribution in [0.15, 0.2) is 5.28 Å². The van der Waals surface area contributed by atoms with Gasteiger partial charge in [0.1, 0.15) is 0 Å². The Kier molecular flexibility index (Phi) is 4.14. The number of ether oxygens (including phenoxy) is 1. The average Bonchev–Trinajstić information content (AvgIpc) is 2.08. The number of rotatable bonds is 5. The van der Waals surface area contributed by atoms with Crippen molar-refractivity contribution in [2.24, 2.45) is 11.2 Å². The normalized spacial score (nSPS) is 16.2. The van der Waals surface area contributed by atoms with Gasteiger partial charge in [-0.2, -0.15) is 0 Å². The highest BCUT2D eigenvalue weighted by atomic mass is 16.8. The summed E-state index contributed by atoms with van der Waals surface area (Å²) in [6, 6.07) is 0. The van der Waals surface area contributed by atoms with E-state index in [2.05, 4.69) is 14.9 Å². The fourth-order valence-electron chi connectivity index (χ4n) is 0.846. The summed E-state index contributed by atoms with van der Waals surface area (Å²) in [6.07, 6.45) is 0.983. The predicted octanol–water partition coefficient (Wildman–Crippen LogP) is 0.658. The van der Waals surface area contributed by atoms with Gasteiger partial charge in [-0.3, -0.25) is 4.79 Å². The SMILES string of the molecule is CC(C)C(=O)OCO/N=[N+](\[O-])N1CCC1. The summed E-state index contributed by atoms with van der Waals surface area (Å²) < 4.78 is 4.65. The summed E-state index contributed by atoms with van der Waals surface area (Å²) in [5.41, 5.74) is 0. The summed E-state index contributed by atoms with van der Waals surface area (Å²) in [5, 5.41) is 15.7. The number of nitrogens with zero attached hydrogens (tertiary/aromatic N) is 3. The van der Waals surface area contributed by atoms with Crippen LogP contribution in [-0.2, 0) is 14.4 Å². The number of hydrazine groups is 1. The Bertz CT molecular complexity index is 250. The highest BCUT2D eigenvalue weighted by Crippen LogP contribution is 2.05. The standard InChI is InChI=1S/C8H15N3O4/c1-7(2)8(12)14-6-15-9-11(13)10-4-3-5-10/h7H,3-6H2,1-2H3/b11-9-. The van der Waals surface area contributed by atoms with E-state index in [1.165, 1.54) is 5.01 Å². The van der Waals surface area contributed by atoms with Gasteiger partial charge in [-0.05, 0) is 6.42 Å². The zero-order valence-electron chi connectivity index (χ0n) is 8.88. The highest BCUT2D eigenvalue weighted by Gasteiger charge is 2.21. The van der Waals surface area contributed by atoms with Crippen LogP contribution in [-0.4, -0.2) is 35.8 Å². The third-order valence-corrected chi connectivity index (χ3v) is 1.93. The number of hydrogen-bond acceptors (Lipinski definition) is 5. The molecule has 0 aromatic carbocycles. The smallest absolute Gasteiger partial charge is 0.311 e. The van der Waals surface area contributed by atoms with Crippen LogP contribution in [0.5, 0.6) is 0 Å². The van der Waals surface area contributed by atoms with Crippen molar-refractivity contribution in [2.75, 3.05) is 19.9 Å². The average molecular weight is 217 g/mol. The second-order valence-electron chi connectivity index (χ2n) is 3.51. The lowest BCUT2D eigenvalue weighted by molar-refractivity contribution is -0.723. The number of hydrogen-bond donors (Lipinski definition) is 0. The van der Waals surface area contributed by atoms with Crippen molar-refractivity contribution in [3.63, 3.8) is 0 Å². The Balaban J connectivity index is 2.12. The van der Waals surface area contributed by atoms with Gasteiger partial charge in [0, 0.05) is 0 Å². The molecule has 0 aromatic rings. The number of carbonyl (C=O) groups excluding carboxylic acids is 1. The van der Waals surface area contributed by atoms with Crippen molar-refractivity contribution in [3.8, 4) is 0 Å². The van der Waals surface area contributed by atoms with Gasteiger partial charge in [-0.15, -0.1) is 5.01 Å². The molecule has 0 spiro atoms. The first-order valence-corrected chi connectivity index (χ1v) is 4.83. The molecule has 86 valence electrons. The molecule has 0 unspecified atom stereocenters. The van der Waals surface area contributed by atoms with Crippen molar-refractivity contribution in [1.29, 1.82) is 0 Å². The molecule has 0 aromatic heterocycles. The Morgan fingerprint density at radius 2 is 2.27 bits per heavy atom. The van der Waals surface area contributed by atoms with Crippen LogP contribution in [0.3, 0.4) is 0 Å². The minimum absolute atomic E-state index is 0.215. The summed E-state index contributed by atoms with van der Waals surface area (Å²) in [7, 11) is 0. The first-order chi connectivity index (χ1) is 7.11. The van der Waals surface area contributed by atoms with E-state index in [1.807, 2.05) is 0 Å². The fourth-order valence-corrected chi connectivity index (χ4v) is 0.846. The van der Waals surface area contributed by atoms with Gasteiger partial charge in [-0.1, -0.05) is 13.8 Å². The maximum absolute atomic E-state index is 11.0. The Morgan fingerprint density at radius 1 is 1.60 bits per heavy atom. The molecule has 7 nitrogen and oxygen atoms in total. The second-order valence-corrected chi connectivity index (χ2v) is 3.51. The quantitative estimate of drug-likeness (QED) is 0.169. The molecule has 0 radical (unpaired) electrons. The van der Waals surface area contributed by atoms with Gasteiger partial charge < -0.3 is 14.8 Å². The monoisotopic (exact) mass is 217 g/mol. The zero-order valence-corrected chi connectivity index (χ0v) is 8.88. The number of esters is 1. The van der Waals surface area contributed by atoms with Gasteiger partial charge in [0.05, 0.1) is 24.0 Å². The van der Waals surface area contributed by atoms with Crippen molar-refractivity contribution in [1.82, 2.24) is 5.01 Å². The maximum atomic E-state index is 11.0. The molecule has 0 aliphatic carbocycles. The largest absolute Gasteiger partial charge is 0.569 e. The van der Waals surface area contributed by atoms with E-state index in [0.717, 1.165) is 6.42 Å². The first kappa shape index (κ1) is 11.5. The van der Waals surface area contributed by atoms with Crippen LogP contribution in [0, 0.1) is 11.1 Å². The topological polar surface area (TPSA) is 77.2 Å². The Hall–Kier alpha value is -1.53. The highest BCUT2D eigenvalue weighted by molar-refractivity contribution is 5.71. The van der Waals surface area contributed by atoms with E-state index < -0.39 is 0 Å². The Labute approximate surface area is 87.8 Å². The van der Waals surface area contributed by atoms with E-state index in [9.17, 15) is 10.0 Å². The van der Waals surface area contributed by atoms with Crippen LogP contribution >= 0.6 is 0 Å². The van der Waals surface area contributed by atoms with Crippen LogP contribution in [0.1, 0.15) is 20.3 Å². The van der Waals surface area contributed by atoms with Crippen LogP contribution in [0.25, 0.3) is 0 Å².